The van der Waals surface area contributed by atoms with Gasteiger partial charge in [-0.15, -0.1) is 0 Å². The normalized spacial score (nSPS) is 18.5. The summed E-state index contributed by atoms with van der Waals surface area (Å²) in [6.45, 7) is 4.22. The summed E-state index contributed by atoms with van der Waals surface area (Å²) in [5, 5.41) is 3.17. The highest BCUT2D eigenvalue weighted by atomic mass is 32.1. The molecule has 0 aliphatic carbocycles. The first-order chi connectivity index (χ1) is 14.8. The van der Waals surface area contributed by atoms with Gasteiger partial charge >= 0.3 is 0 Å². The molecule has 31 heavy (non-hydrogen) atoms. The van der Waals surface area contributed by atoms with Crippen molar-refractivity contribution in [3.8, 4) is 0 Å². The molecule has 164 valence electrons. The lowest BCUT2D eigenvalue weighted by atomic mass is 10.1. The zero-order valence-electron chi connectivity index (χ0n) is 18.1. The Morgan fingerprint density at radius 1 is 1.13 bits per heavy atom. The molecule has 1 aromatic carbocycles. The molecule has 1 atom stereocenters. The van der Waals surface area contributed by atoms with Gasteiger partial charge in [0.1, 0.15) is 4.88 Å². The average Bonchev–Trinajstić information content (AvgIpc) is 3.48. The van der Waals surface area contributed by atoms with Gasteiger partial charge in [0.25, 0.3) is 5.91 Å². The third kappa shape index (κ3) is 4.41. The molecule has 0 bridgehead atoms. The number of carbonyl (C=O) groups excluding carboxylic acids is 3. The van der Waals surface area contributed by atoms with Gasteiger partial charge in [0.2, 0.25) is 11.8 Å². The number of nitrogens with zero attached hydrogens (tertiary/aromatic N) is 4. The highest BCUT2D eigenvalue weighted by molar-refractivity contribution is 7.17. The summed E-state index contributed by atoms with van der Waals surface area (Å²) in [5.74, 6) is -0.909. The quantitative estimate of drug-likeness (QED) is 0.771. The van der Waals surface area contributed by atoms with Crippen molar-refractivity contribution in [2.75, 3.05) is 48.8 Å². The van der Waals surface area contributed by atoms with Gasteiger partial charge in [-0.1, -0.05) is 11.3 Å². The smallest absolute Gasteiger partial charge is 0.265 e. The van der Waals surface area contributed by atoms with Crippen LogP contribution in [0.15, 0.2) is 24.3 Å². The Kier molecular flexibility index (Phi) is 5.95. The van der Waals surface area contributed by atoms with E-state index in [4.69, 9.17) is 0 Å². The van der Waals surface area contributed by atoms with Crippen molar-refractivity contribution in [1.82, 2.24) is 9.88 Å². The number of aromatic nitrogens is 1. The predicted octanol–water partition coefficient (Wildman–Crippen LogP) is 2.75. The minimum Gasteiger partial charge on any atom is -0.372 e. The topological polar surface area (TPSA) is 85.9 Å². The van der Waals surface area contributed by atoms with Gasteiger partial charge in [-0.2, -0.15) is 0 Å². The first-order valence-corrected chi connectivity index (χ1v) is 11.3. The van der Waals surface area contributed by atoms with Gasteiger partial charge in [-0.25, -0.2) is 4.98 Å². The first kappa shape index (κ1) is 21.3. The monoisotopic (exact) mass is 441 g/mol. The number of thiazole rings is 1. The van der Waals surface area contributed by atoms with Crippen LogP contribution in [0.5, 0.6) is 0 Å². The fraction of sp³-hybridized carbons (Fsp3) is 0.455. The van der Waals surface area contributed by atoms with E-state index in [2.05, 4.69) is 15.2 Å². The van der Waals surface area contributed by atoms with Crippen molar-refractivity contribution in [3.05, 3.63) is 34.8 Å². The number of hydrogen-bond acceptors (Lipinski definition) is 6. The maximum absolute atomic E-state index is 12.8. The molecule has 1 unspecified atom stereocenters. The first-order valence-electron chi connectivity index (χ1n) is 10.5. The number of benzene rings is 1. The molecule has 1 aromatic heterocycles. The lowest BCUT2D eigenvalue weighted by Crippen LogP contribution is -2.28. The van der Waals surface area contributed by atoms with E-state index in [9.17, 15) is 14.4 Å². The van der Waals surface area contributed by atoms with Gasteiger partial charge in [0.15, 0.2) is 5.13 Å². The van der Waals surface area contributed by atoms with Crippen LogP contribution in [-0.4, -0.2) is 61.3 Å². The molecule has 3 heterocycles. The lowest BCUT2D eigenvalue weighted by Gasteiger charge is -2.20. The van der Waals surface area contributed by atoms with Crippen molar-refractivity contribution < 1.29 is 14.4 Å². The molecule has 0 spiro atoms. The fourth-order valence-electron chi connectivity index (χ4n) is 4.01. The van der Waals surface area contributed by atoms with E-state index in [1.54, 1.807) is 25.9 Å². The van der Waals surface area contributed by atoms with Crippen molar-refractivity contribution in [2.45, 2.75) is 26.2 Å². The van der Waals surface area contributed by atoms with Gasteiger partial charge in [0, 0.05) is 51.5 Å². The molecule has 2 aliphatic heterocycles. The Morgan fingerprint density at radius 3 is 2.42 bits per heavy atom. The zero-order valence-corrected chi connectivity index (χ0v) is 18.9. The number of rotatable bonds is 5. The third-order valence-corrected chi connectivity index (χ3v) is 6.82. The Bertz CT molecular complexity index is 995. The fourth-order valence-corrected chi connectivity index (χ4v) is 5.00. The van der Waals surface area contributed by atoms with Gasteiger partial charge < -0.3 is 20.0 Å². The summed E-state index contributed by atoms with van der Waals surface area (Å²) >= 11 is 1.16. The van der Waals surface area contributed by atoms with Crippen LogP contribution in [-0.2, 0) is 9.59 Å². The van der Waals surface area contributed by atoms with Crippen molar-refractivity contribution >= 4 is 45.6 Å². The number of hydrogen-bond donors (Lipinski definition) is 1. The number of carbonyl (C=O) groups is 3. The van der Waals surface area contributed by atoms with Crippen LogP contribution in [0.25, 0.3) is 0 Å². The molecule has 8 nitrogen and oxygen atoms in total. The molecular formula is C22H27N5O3S. The molecule has 0 radical (unpaired) electrons. The molecule has 2 aliphatic rings. The Balaban J connectivity index is 1.40. The van der Waals surface area contributed by atoms with Crippen LogP contribution >= 0.6 is 11.3 Å². The number of aryl methyl sites for hydroxylation is 1. The number of anilines is 3. The standard InChI is InChI=1S/C22H27N5O3S/c1-14-19(21(30)25(2)3)31-22(23-14)24-20(29)15-12-18(28)27(13-15)17-8-6-16(7-9-17)26-10-4-5-11-26/h6-9,15H,4-5,10-13H2,1-3H3,(H,23,24,29). The van der Waals surface area contributed by atoms with E-state index in [1.807, 2.05) is 24.3 Å². The van der Waals surface area contributed by atoms with E-state index in [0.29, 0.717) is 22.2 Å². The highest BCUT2D eigenvalue weighted by Gasteiger charge is 2.35. The lowest BCUT2D eigenvalue weighted by molar-refractivity contribution is -0.122. The van der Waals surface area contributed by atoms with Crippen LogP contribution in [0, 0.1) is 12.8 Å². The van der Waals surface area contributed by atoms with Gasteiger partial charge in [-0.3, -0.25) is 14.4 Å². The third-order valence-electron chi connectivity index (χ3n) is 5.76. The van der Waals surface area contributed by atoms with Crippen LogP contribution < -0.4 is 15.1 Å². The van der Waals surface area contributed by atoms with Gasteiger partial charge in [-0.05, 0) is 44.0 Å². The van der Waals surface area contributed by atoms with Crippen molar-refractivity contribution in [1.29, 1.82) is 0 Å². The second-order valence-corrected chi connectivity index (χ2v) is 9.24. The minimum atomic E-state index is -0.456. The van der Waals surface area contributed by atoms with Crippen LogP contribution in [0.3, 0.4) is 0 Å². The Hall–Kier alpha value is -2.94. The molecule has 2 saturated heterocycles. The van der Waals surface area contributed by atoms with E-state index in [0.717, 1.165) is 30.1 Å². The number of nitrogens with one attached hydrogen (secondary N) is 1. The number of amides is 3. The molecule has 1 N–H and O–H groups in total. The molecule has 3 amide bonds. The molecule has 2 fully saturated rings. The van der Waals surface area contributed by atoms with Crippen LogP contribution in [0.2, 0.25) is 0 Å². The zero-order chi connectivity index (χ0) is 22.1. The minimum absolute atomic E-state index is 0.0622. The second-order valence-electron chi connectivity index (χ2n) is 8.24. The van der Waals surface area contributed by atoms with E-state index < -0.39 is 5.92 Å². The summed E-state index contributed by atoms with van der Waals surface area (Å²) in [6, 6.07) is 8.00. The maximum Gasteiger partial charge on any atom is 0.265 e. The predicted molar refractivity (Wildman–Crippen MR) is 122 cm³/mol. The van der Waals surface area contributed by atoms with E-state index in [-0.39, 0.29) is 24.1 Å². The average molecular weight is 442 g/mol. The summed E-state index contributed by atoms with van der Waals surface area (Å²) in [4.78, 5) is 47.8. The largest absolute Gasteiger partial charge is 0.372 e. The summed E-state index contributed by atoms with van der Waals surface area (Å²) in [6.07, 6.45) is 2.59. The molecule has 4 rings (SSSR count). The summed E-state index contributed by atoms with van der Waals surface area (Å²) < 4.78 is 0. The molecular weight excluding hydrogens is 414 g/mol. The Labute approximate surface area is 185 Å². The van der Waals surface area contributed by atoms with Gasteiger partial charge in [0.05, 0.1) is 11.6 Å². The maximum atomic E-state index is 12.8. The second kappa shape index (κ2) is 8.66. The van der Waals surface area contributed by atoms with E-state index >= 15 is 0 Å². The highest BCUT2D eigenvalue weighted by Crippen LogP contribution is 2.30. The van der Waals surface area contributed by atoms with Crippen molar-refractivity contribution in [3.63, 3.8) is 0 Å². The molecule has 2 aromatic rings. The Morgan fingerprint density at radius 2 is 1.77 bits per heavy atom. The van der Waals surface area contributed by atoms with Crippen LogP contribution in [0.1, 0.15) is 34.6 Å². The summed E-state index contributed by atoms with van der Waals surface area (Å²) in [7, 11) is 3.35. The van der Waals surface area contributed by atoms with Crippen molar-refractivity contribution in [2.24, 2.45) is 5.92 Å². The van der Waals surface area contributed by atoms with Crippen LogP contribution in [0.4, 0.5) is 16.5 Å². The molecule has 9 heteroatoms. The van der Waals surface area contributed by atoms with E-state index in [1.165, 1.54) is 23.4 Å². The summed E-state index contributed by atoms with van der Waals surface area (Å²) in [5.41, 5.74) is 2.57. The molecule has 0 saturated carbocycles. The SMILES string of the molecule is Cc1nc(NC(=O)C2CC(=O)N(c3ccc(N4CCCC4)cc3)C2)sc1C(=O)N(C)C.